The van der Waals surface area contributed by atoms with Gasteiger partial charge in [-0.1, -0.05) is 6.07 Å². The van der Waals surface area contributed by atoms with Gasteiger partial charge in [-0.05, 0) is 49.2 Å². The summed E-state index contributed by atoms with van der Waals surface area (Å²) in [6.45, 7) is -0.586. The summed E-state index contributed by atoms with van der Waals surface area (Å²) in [6, 6.07) is 7.13. The van der Waals surface area contributed by atoms with Gasteiger partial charge in [0.1, 0.15) is 0 Å². The first-order chi connectivity index (χ1) is 14.4. The van der Waals surface area contributed by atoms with Crippen LogP contribution in [0.1, 0.15) is 34.3 Å². The van der Waals surface area contributed by atoms with Crippen LogP contribution in [-0.2, 0) is 17.1 Å². The number of rotatable bonds is 6. The molecule has 1 saturated carbocycles. The molecule has 2 aromatic rings. The van der Waals surface area contributed by atoms with Crippen LogP contribution in [0.5, 0.6) is 0 Å². The normalized spacial score (nSPS) is 14.1. The van der Waals surface area contributed by atoms with Gasteiger partial charge in [-0.3, -0.25) is 9.59 Å². The SMILES string of the molecule is O=C(CNc1cc(C(F)(F)F)cc(C(F)(F)F)c1)Nc1cccc(C(=O)NC2CC2)c1. The zero-order chi connectivity index (χ0) is 22.8. The molecule has 2 aromatic carbocycles. The van der Waals surface area contributed by atoms with Crippen LogP contribution in [0.4, 0.5) is 37.7 Å². The lowest BCUT2D eigenvalue weighted by Crippen LogP contribution is -2.26. The average Bonchev–Trinajstić information content (AvgIpc) is 3.49. The Hall–Kier alpha value is -3.24. The number of carbonyl (C=O) groups is 2. The summed E-state index contributed by atoms with van der Waals surface area (Å²) in [5, 5.41) is 7.49. The van der Waals surface area contributed by atoms with Crippen LogP contribution >= 0.6 is 0 Å². The van der Waals surface area contributed by atoms with Crippen molar-refractivity contribution in [3.63, 3.8) is 0 Å². The molecule has 1 aliphatic rings. The lowest BCUT2D eigenvalue weighted by molar-refractivity contribution is -0.143. The number of alkyl halides is 6. The average molecular weight is 445 g/mol. The van der Waals surface area contributed by atoms with Gasteiger partial charge < -0.3 is 16.0 Å². The Morgan fingerprint density at radius 3 is 2.03 bits per heavy atom. The largest absolute Gasteiger partial charge is 0.416 e. The lowest BCUT2D eigenvalue weighted by atomic mass is 10.1. The van der Waals surface area contributed by atoms with E-state index in [1.165, 1.54) is 18.2 Å². The Labute approximate surface area is 172 Å². The second-order valence-electron chi connectivity index (χ2n) is 7.02. The molecule has 0 atom stereocenters. The van der Waals surface area contributed by atoms with Gasteiger partial charge in [0.05, 0.1) is 17.7 Å². The highest BCUT2D eigenvalue weighted by molar-refractivity contribution is 5.98. The molecule has 3 rings (SSSR count). The number of benzene rings is 2. The minimum Gasteiger partial charge on any atom is -0.376 e. The third-order valence-corrected chi connectivity index (χ3v) is 4.36. The molecule has 0 radical (unpaired) electrons. The number of halogens is 6. The molecule has 3 N–H and O–H groups in total. The smallest absolute Gasteiger partial charge is 0.376 e. The molecule has 0 unspecified atom stereocenters. The van der Waals surface area contributed by atoms with Crippen molar-refractivity contribution in [2.75, 3.05) is 17.2 Å². The van der Waals surface area contributed by atoms with Gasteiger partial charge in [-0.15, -0.1) is 0 Å². The second kappa shape index (κ2) is 8.48. The highest BCUT2D eigenvalue weighted by Gasteiger charge is 2.37. The van der Waals surface area contributed by atoms with E-state index in [0.717, 1.165) is 12.8 Å². The molecule has 0 heterocycles. The molecule has 166 valence electrons. The predicted octanol–water partition coefficient (Wildman–Crippen LogP) is 4.67. The Kier molecular flexibility index (Phi) is 6.14. The summed E-state index contributed by atoms with van der Waals surface area (Å²) < 4.78 is 77.4. The third-order valence-electron chi connectivity index (χ3n) is 4.36. The fourth-order valence-electron chi connectivity index (χ4n) is 2.68. The van der Waals surface area contributed by atoms with Gasteiger partial charge in [-0.25, -0.2) is 0 Å². The Balaban J connectivity index is 1.66. The molecule has 31 heavy (non-hydrogen) atoms. The highest BCUT2D eigenvalue weighted by Crippen LogP contribution is 2.37. The minimum absolute atomic E-state index is 0.00341. The first-order valence-corrected chi connectivity index (χ1v) is 9.16. The van der Waals surface area contributed by atoms with E-state index in [0.29, 0.717) is 17.7 Å². The summed E-state index contributed by atoms with van der Waals surface area (Å²) in [4.78, 5) is 24.1. The molecular weight excluding hydrogens is 428 g/mol. The van der Waals surface area contributed by atoms with E-state index >= 15 is 0 Å². The minimum atomic E-state index is -4.98. The van der Waals surface area contributed by atoms with Crippen molar-refractivity contribution in [1.29, 1.82) is 0 Å². The maximum atomic E-state index is 12.9. The Morgan fingerprint density at radius 2 is 1.48 bits per heavy atom. The molecule has 0 spiro atoms. The van der Waals surface area contributed by atoms with E-state index in [2.05, 4.69) is 16.0 Å². The standard InChI is InChI=1S/C20H17F6N3O2/c21-19(22,23)12-7-13(20(24,25)26)9-16(8-12)27-10-17(30)28-15-3-1-2-11(6-15)18(31)29-14-4-5-14/h1-3,6-9,14,27H,4-5,10H2,(H,28,30)(H,29,31). The van der Waals surface area contributed by atoms with Gasteiger partial charge in [0.2, 0.25) is 5.91 Å². The van der Waals surface area contributed by atoms with Crippen molar-refractivity contribution in [3.8, 4) is 0 Å². The van der Waals surface area contributed by atoms with E-state index in [9.17, 15) is 35.9 Å². The molecule has 0 saturated heterocycles. The zero-order valence-corrected chi connectivity index (χ0v) is 15.8. The van der Waals surface area contributed by atoms with Crippen LogP contribution in [0.2, 0.25) is 0 Å². The van der Waals surface area contributed by atoms with Gasteiger partial charge in [0, 0.05) is 23.0 Å². The van der Waals surface area contributed by atoms with Crippen molar-refractivity contribution in [2.45, 2.75) is 31.2 Å². The molecule has 1 aliphatic carbocycles. The topological polar surface area (TPSA) is 70.2 Å². The molecule has 11 heteroatoms. The van der Waals surface area contributed by atoms with Crippen molar-refractivity contribution in [2.24, 2.45) is 0 Å². The van der Waals surface area contributed by atoms with Crippen LogP contribution in [-0.4, -0.2) is 24.4 Å². The first kappa shape index (κ1) is 22.4. The number of amides is 2. The summed E-state index contributed by atoms with van der Waals surface area (Å²) in [5.41, 5.74) is -2.91. The number of carbonyl (C=O) groups excluding carboxylic acids is 2. The fourth-order valence-corrected chi connectivity index (χ4v) is 2.68. The quantitative estimate of drug-likeness (QED) is 0.567. The predicted molar refractivity (Wildman–Crippen MR) is 100 cm³/mol. The number of nitrogens with one attached hydrogen (secondary N) is 3. The number of hydrogen-bond donors (Lipinski definition) is 3. The van der Waals surface area contributed by atoms with Crippen LogP contribution < -0.4 is 16.0 Å². The van der Waals surface area contributed by atoms with Crippen molar-refractivity contribution in [3.05, 3.63) is 59.2 Å². The summed E-state index contributed by atoms with van der Waals surface area (Å²) in [6.07, 6.45) is -8.16. The van der Waals surface area contributed by atoms with Gasteiger partial charge in [-0.2, -0.15) is 26.3 Å². The summed E-state index contributed by atoms with van der Waals surface area (Å²) in [7, 11) is 0. The van der Waals surface area contributed by atoms with Gasteiger partial charge in [0.15, 0.2) is 0 Å². The van der Waals surface area contributed by atoms with E-state index in [1.807, 2.05) is 0 Å². The third kappa shape index (κ3) is 6.37. The van der Waals surface area contributed by atoms with Crippen LogP contribution in [0.25, 0.3) is 0 Å². The molecule has 0 aliphatic heterocycles. The number of anilines is 2. The second-order valence-corrected chi connectivity index (χ2v) is 7.02. The maximum Gasteiger partial charge on any atom is 0.416 e. The van der Waals surface area contributed by atoms with Crippen molar-refractivity contribution >= 4 is 23.2 Å². The van der Waals surface area contributed by atoms with E-state index in [4.69, 9.17) is 0 Å². The lowest BCUT2D eigenvalue weighted by Gasteiger charge is -2.15. The monoisotopic (exact) mass is 445 g/mol. The van der Waals surface area contributed by atoms with Crippen molar-refractivity contribution < 1.29 is 35.9 Å². The summed E-state index contributed by atoms with van der Waals surface area (Å²) in [5.74, 6) is -1.02. The van der Waals surface area contributed by atoms with Crippen molar-refractivity contribution in [1.82, 2.24) is 5.32 Å². The molecule has 2 amide bonds. The maximum absolute atomic E-state index is 12.9. The van der Waals surface area contributed by atoms with E-state index in [-0.39, 0.29) is 23.7 Å². The number of hydrogen-bond acceptors (Lipinski definition) is 3. The van der Waals surface area contributed by atoms with Gasteiger partial charge in [0.25, 0.3) is 5.91 Å². The molecule has 1 fully saturated rings. The van der Waals surface area contributed by atoms with Crippen LogP contribution in [0, 0.1) is 0 Å². The highest BCUT2D eigenvalue weighted by atomic mass is 19.4. The van der Waals surface area contributed by atoms with E-state index in [1.54, 1.807) is 6.07 Å². The fraction of sp³-hybridized carbons (Fsp3) is 0.300. The molecule has 0 aromatic heterocycles. The first-order valence-electron chi connectivity index (χ1n) is 9.16. The van der Waals surface area contributed by atoms with Crippen LogP contribution in [0.3, 0.4) is 0 Å². The molecule has 5 nitrogen and oxygen atoms in total. The molecule has 0 bridgehead atoms. The molecular formula is C20H17F6N3O2. The van der Waals surface area contributed by atoms with E-state index < -0.39 is 41.6 Å². The summed E-state index contributed by atoms with van der Waals surface area (Å²) >= 11 is 0. The Bertz CT molecular complexity index is 951. The Morgan fingerprint density at radius 1 is 0.871 bits per heavy atom. The van der Waals surface area contributed by atoms with Crippen LogP contribution in [0.15, 0.2) is 42.5 Å². The van der Waals surface area contributed by atoms with Gasteiger partial charge >= 0.3 is 12.4 Å². The zero-order valence-electron chi connectivity index (χ0n) is 15.8.